The summed E-state index contributed by atoms with van der Waals surface area (Å²) in [5.41, 5.74) is 5.68. The predicted octanol–water partition coefficient (Wildman–Crippen LogP) is 4.56. The van der Waals surface area contributed by atoms with E-state index in [1.54, 1.807) is 12.4 Å². The van der Waals surface area contributed by atoms with Crippen LogP contribution in [0.3, 0.4) is 0 Å². The second kappa shape index (κ2) is 6.14. The van der Waals surface area contributed by atoms with Gasteiger partial charge in [0.25, 0.3) is 5.91 Å². The van der Waals surface area contributed by atoms with Gasteiger partial charge in [-0.3, -0.25) is 15.1 Å². The largest absolute Gasteiger partial charge is 0.358 e. The number of nitrogens with zero attached hydrogens (tertiary/aromatic N) is 2. The molecule has 0 bridgehead atoms. The number of hydrogen-bond donors (Lipinski definition) is 2. The third-order valence-electron chi connectivity index (χ3n) is 4.25. The van der Waals surface area contributed by atoms with Crippen molar-refractivity contribution in [2.24, 2.45) is 0 Å². The topological polar surface area (TPSA) is 70.7 Å². The molecule has 124 valence electrons. The molecule has 0 aliphatic carbocycles. The Balaban J connectivity index is 1.58. The van der Waals surface area contributed by atoms with Gasteiger partial charge in [-0.15, -0.1) is 11.3 Å². The first-order valence-corrected chi connectivity index (χ1v) is 8.76. The minimum atomic E-state index is -0.160. The lowest BCUT2D eigenvalue weighted by atomic mass is 10.1. The number of anilines is 1. The lowest BCUT2D eigenvalue weighted by Crippen LogP contribution is -2.11. The first-order chi connectivity index (χ1) is 12.1. The Morgan fingerprint density at radius 1 is 1.24 bits per heavy atom. The van der Waals surface area contributed by atoms with Gasteiger partial charge in [-0.2, -0.15) is 0 Å². The summed E-state index contributed by atoms with van der Waals surface area (Å²) < 4.78 is 0. The number of aryl methyl sites for hydroxylation is 2. The van der Waals surface area contributed by atoms with Gasteiger partial charge in [0.1, 0.15) is 0 Å². The summed E-state index contributed by atoms with van der Waals surface area (Å²) in [6, 6.07) is 9.48. The molecule has 0 radical (unpaired) electrons. The number of hydrogen-bond acceptors (Lipinski definition) is 4. The fraction of sp³-hybridized carbons (Fsp3) is 0.105. The van der Waals surface area contributed by atoms with Gasteiger partial charge in [-0.1, -0.05) is 0 Å². The van der Waals surface area contributed by atoms with E-state index in [-0.39, 0.29) is 5.91 Å². The van der Waals surface area contributed by atoms with E-state index in [1.807, 2.05) is 42.6 Å². The van der Waals surface area contributed by atoms with Gasteiger partial charge in [0.15, 0.2) is 5.13 Å². The summed E-state index contributed by atoms with van der Waals surface area (Å²) in [5, 5.41) is 6.43. The number of amides is 1. The number of nitrogens with one attached hydrogen (secondary N) is 2. The van der Waals surface area contributed by atoms with E-state index in [2.05, 4.69) is 27.2 Å². The van der Waals surface area contributed by atoms with Crippen molar-refractivity contribution in [3.8, 4) is 11.3 Å². The molecule has 1 amide bonds. The minimum Gasteiger partial charge on any atom is -0.358 e. The molecule has 6 heteroatoms. The monoisotopic (exact) mass is 348 g/mol. The quantitative estimate of drug-likeness (QED) is 0.570. The van der Waals surface area contributed by atoms with Gasteiger partial charge in [-0.05, 0) is 49.7 Å². The van der Waals surface area contributed by atoms with Gasteiger partial charge < -0.3 is 4.98 Å². The minimum absolute atomic E-state index is 0.160. The third-order valence-corrected chi connectivity index (χ3v) is 5.01. The molecule has 0 spiro atoms. The maximum absolute atomic E-state index is 12.6. The van der Waals surface area contributed by atoms with Gasteiger partial charge in [0.2, 0.25) is 0 Å². The summed E-state index contributed by atoms with van der Waals surface area (Å²) in [6.07, 6.45) is 3.48. The summed E-state index contributed by atoms with van der Waals surface area (Å²) in [7, 11) is 0. The Morgan fingerprint density at radius 3 is 2.92 bits per heavy atom. The molecule has 5 nitrogen and oxygen atoms in total. The molecule has 0 unspecified atom stereocenters. The molecule has 25 heavy (non-hydrogen) atoms. The van der Waals surface area contributed by atoms with Crippen molar-refractivity contribution >= 4 is 33.3 Å². The number of carbonyl (C=O) groups excluding carboxylic acids is 1. The Kier molecular flexibility index (Phi) is 3.82. The zero-order valence-corrected chi connectivity index (χ0v) is 14.6. The van der Waals surface area contributed by atoms with E-state index < -0.39 is 0 Å². The molecule has 3 aromatic heterocycles. The molecule has 4 aromatic rings. The molecule has 0 saturated carbocycles. The standard InChI is InChI=1S/C19H16N4OS/c1-11-12(2)21-16-6-5-13(8-15(11)16)18(24)23-19-22-17(10-25-19)14-4-3-7-20-9-14/h3-10,21H,1-2H3,(H,22,23,24). The molecule has 3 heterocycles. The second-order valence-corrected chi connectivity index (χ2v) is 6.73. The van der Waals surface area contributed by atoms with Gasteiger partial charge in [0.05, 0.1) is 5.69 Å². The van der Waals surface area contributed by atoms with Crippen LogP contribution < -0.4 is 5.32 Å². The number of carbonyl (C=O) groups is 1. The van der Waals surface area contributed by atoms with Crippen molar-refractivity contribution < 1.29 is 4.79 Å². The van der Waals surface area contributed by atoms with Crippen LogP contribution in [0.25, 0.3) is 22.2 Å². The molecule has 0 aliphatic rings. The zero-order valence-electron chi connectivity index (χ0n) is 13.8. The number of rotatable bonds is 3. The van der Waals surface area contributed by atoms with E-state index in [4.69, 9.17) is 0 Å². The fourth-order valence-electron chi connectivity index (χ4n) is 2.75. The first kappa shape index (κ1) is 15.5. The number of aromatic nitrogens is 3. The van der Waals surface area contributed by atoms with Crippen molar-refractivity contribution in [2.45, 2.75) is 13.8 Å². The molecule has 4 rings (SSSR count). The van der Waals surface area contributed by atoms with Crippen molar-refractivity contribution in [3.63, 3.8) is 0 Å². The number of benzene rings is 1. The SMILES string of the molecule is Cc1[nH]c2ccc(C(=O)Nc3nc(-c4cccnc4)cs3)cc2c1C. The molecule has 0 saturated heterocycles. The third kappa shape index (κ3) is 2.92. The Hall–Kier alpha value is -2.99. The number of fused-ring (bicyclic) bond motifs is 1. The number of pyridine rings is 1. The highest BCUT2D eigenvalue weighted by Gasteiger charge is 2.12. The molecular weight excluding hydrogens is 332 g/mol. The second-order valence-electron chi connectivity index (χ2n) is 5.87. The van der Waals surface area contributed by atoms with Crippen LogP contribution in [0.1, 0.15) is 21.6 Å². The average molecular weight is 348 g/mol. The van der Waals surface area contributed by atoms with Crippen molar-refractivity contribution in [3.05, 3.63) is 64.9 Å². The van der Waals surface area contributed by atoms with Gasteiger partial charge in [-0.25, -0.2) is 4.98 Å². The van der Waals surface area contributed by atoms with Crippen LogP contribution in [0.15, 0.2) is 48.1 Å². The smallest absolute Gasteiger partial charge is 0.257 e. The van der Waals surface area contributed by atoms with E-state index in [0.29, 0.717) is 10.7 Å². The van der Waals surface area contributed by atoms with Crippen LogP contribution in [0.4, 0.5) is 5.13 Å². The Labute approximate surface area is 148 Å². The maximum Gasteiger partial charge on any atom is 0.257 e. The van der Waals surface area contributed by atoms with Gasteiger partial charge in [0, 0.05) is 45.5 Å². The van der Waals surface area contributed by atoms with Crippen molar-refractivity contribution in [1.82, 2.24) is 15.0 Å². The zero-order chi connectivity index (χ0) is 17.4. The average Bonchev–Trinajstić information content (AvgIpc) is 3.21. The Morgan fingerprint density at radius 2 is 2.12 bits per heavy atom. The normalized spacial score (nSPS) is 11.0. The van der Waals surface area contributed by atoms with Gasteiger partial charge >= 0.3 is 0 Å². The maximum atomic E-state index is 12.6. The number of H-pyrrole nitrogens is 1. The summed E-state index contributed by atoms with van der Waals surface area (Å²) in [4.78, 5) is 24.4. The summed E-state index contributed by atoms with van der Waals surface area (Å²) >= 11 is 1.40. The fourth-order valence-corrected chi connectivity index (χ4v) is 3.46. The van der Waals surface area contributed by atoms with E-state index in [0.717, 1.165) is 33.4 Å². The summed E-state index contributed by atoms with van der Waals surface area (Å²) in [5.74, 6) is -0.160. The summed E-state index contributed by atoms with van der Waals surface area (Å²) in [6.45, 7) is 4.08. The molecule has 1 aromatic carbocycles. The molecule has 0 aliphatic heterocycles. The van der Waals surface area contributed by atoms with Crippen molar-refractivity contribution in [1.29, 1.82) is 0 Å². The molecule has 0 fully saturated rings. The number of aromatic amines is 1. The highest BCUT2D eigenvalue weighted by Crippen LogP contribution is 2.26. The number of thiazole rings is 1. The van der Waals surface area contributed by atoms with Crippen molar-refractivity contribution in [2.75, 3.05) is 5.32 Å². The predicted molar refractivity (Wildman–Crippen MR) is 101 cm³/mol. The van der Waals surface area contributed by atoms with Crippen LogP contribution in [0.5, 0.6) is 0 Å². The van der Waals surface area contributed by atoms with Crippen LogP contribution >= 0.6 is 11.3 Å². The molecule has 0 atom stereocenters. The molecule has 2 N–H and O–H groups in total. The molecular formula is C19H16N4OS. The van der Waals surface area contributed by atoms with Crippen LogP contribution in [-0.2, 0) is 0 Å². The van der Waals surface area contributed by atoms with Crippen LogP contribution in [0.2, 0.25) is 0 Å². The highest BCUT2D eigenvalue weighted by molar-refractivity contribution is 7.14. The van der Waals surface area contributed by atoms with E-state index in [1.165, 1.54) is 11.3 Å². The van der Waals surface area contributed by atoms with E-state index in [9.17, 15) is 4.79 Å². The van der Waals surface area contributed by atoms with E-state index >= 15 is 0 Å². The first-order valence-electron chi connectivity index (χ1n) is 7.88. The lowest BCUT2D eigenvalue weighted by molar-refractivity contribution is 0.102. The Bertz CT molecular complexity index is 1070. The van der Waals surface area contributed by atoms with Crippen LogP contribution in [0, 0.1) is 13.8 Å². The highest BCUT2D eigenvalue weighted by atomic mass is 32.1. The lowest BCUT2D eigenvalue weighted by Gasteiger charge is -2.02. The van der Waals surface area contributed by atoms with Crippen LogP contribution in [-0.4, -0.2) is 20.9 Å².